The van der Waals surface area contributed by atoms with Gasteiger partial charge in [0.1, 0.15) is 4.21 Å². The van der Waals surface area contributed by atoms with E-state index in [0.29, 0.717) is 15.6 Å². The molecule has 3 nitrogen and oxygen atoms in total. The third-order valence-electron chi connectivity index (χ3n) is 2.52. The lowest BCUT2D eigenvalue weighted by molar-refractivity contribution is 0.569. The maximum Gasteiger partial charge on any atom is 0.250 e. The topological polar surface area (TPSA) is 46.2 Å². The van der Waals surface area contributed by atoms with Crippen LogP contribution in [0.15, 0.2) is 39.9 Å². The van der Waals surface area contributed by atoms with Crippen molar-refractivity contribution in [1.82, 2.24) is 4.72 Å². The van der Waals surface area contributed by atoms with Crippen molar-refractivity contribution >= 4 is 44.6 Å². The molecule has 102 valence electrons. The summed E-state index contributed by atoms with van der Waals surface area (Å²) < 4.78 is 27.0. The number of thiophene rings is 1. The number of rotatable bonds is 4. The maximum atomic E-state index is 12.1. The standard InChI is InChI=1S/C12H11Cl2NO2S2/c1-8(10-5-4-9(13)7-11(10)14)15-19(16,17)12-3-2-6-18-12/h2-8,15H,1H3/t8-/m0/s1. The van der Waals surface area contributed by atoms with Crippen molar-refractivity contribution in [3.8, 4) is 0 Å². The second kappa shape index (κ2) is 5.81. The molecule has 0 bridgehead atoms. The first-order chi connectivity index (χ1) is 8.90. The first kappa shape index (κ1) is 14.8. The third-order valence-corrected chi connectivity index (χ3v) is 6.02. The van der Waals surface area contributed by atoms with Crippen LogP contribution >= 0.6 is 34.5 Å². The van der Waals surface area contributed by atoms with Crippen LogP contribution in [0.25, 0.3) is 0 Å². The number of benzene rings is 1. The smallest absolute Gasteiger partial charge is 0.206 e. The van der Waals surface area contributed by atoms with Gasteiger partial charge in [0.25, 0.3) is 10.0 Å². The molecule has 7 heteroatoms. The zero-order chi connectivity index (χ0) is 14.0. The summed E-state index contributed by atoms with van der Waals surface area (Å²) in [5.74, 6) is 0. The van der Waals surface area contributed by atoms with Crippen LogP contribution in [0, 0.1) is 0 Å². The molecule has 0 aliphatic carbocycles. The minimum atomic E-state index is -3.51. The third kappa shape index (κ3) is 3.49. The van der Waals surface area contributed by atoms with Crippen LogP contribution in [0.1, 0.15) is 18.5 Å². The van der Waals surface area contributed by atoms with E-state index in [1.165, 1.54) is 11.3 Å². The Labute approximate surface area is 126 Å². The van der Waals surface area contributed by atoms with E-state index >= 15 is 0 Å². The van der Waals surface area contributed by atoms with Crippen LogP contribution in [0.2, 0.25) is 10.0 Å². The van der Waals surface area contributed by atoms with Crippen LogP contribution in [-0.4, -0.2) is 8.42 Å². The van der Waals surface area contributed by atoms with Crippen molar-refractivity contribution < 1.29 is 8.42 Å². The molecule has 0 radical (unpaired) electrons. The molecular formula is C12H11Cl2NO2S2. The van der Waals surface area contributed by atoms with E-state index in [0.717, 1.165) is 0 Å². The SMILES string of the molecule is C[C@H](NS(=O)(=O)c1cccs1)c1ccc(Cl)cc1Cl. The van der Waals surface area contributed by atoms with Gasteiger partial charge in [-0.1, -0.05) is 35.3 Å². The highest BCUT2D eigenvalue weighted by Gasteiger charge is 2.20. The molecule has 0 spiro atoms. The van der Waals surface area contributed by atoms with Crippen LogP contribution in [0.5, 0.6) is 0 Å². The number of nitrogens with one attached hydrogen (secondary N) is 1. The summed E-state index contributed by atoms with van der Waals surface area (Å²) in [5, 5.41) is 2.67. The van der Waals surface area contributed by atoms with Gasteiger partial charge in [0.05, 0.1) is 0 Å². The lowest BCUT2D eigenvalue weighted by atomic mass is 10.1. The number of halogens is 2. The van der Waals surface area contributed by atoms with E-state index in [9.17, 15) is 8.42 Å². The number of sulfonamides is 1. The lowest BCUT2D eigenvalue weighted by Crippen LogP contribution is -2.26. The van der Waals surface area contributed by atoms with Crippen LogP contribution in [0.4, 0.5) is 0 Å². The largest absolute Gasteiger partial charge is 0.250 e. The van der Waals surface area contributed by atoms with Crippen LogP contribution < -0.4 is 4.72 Å². The maximum absolute atomic E-state index is 12.1. The Kier molecular flexibility index (Phi) is 4.53. The zero-order valence-electron chi connectivity index (χ0n) is 9.93. The van der Waals surface area contributed by atoms with Crippen LogP contribution in [0.3, 0.4) is 0 Å². The van der Waals surface area contributed by atoms with E-state index in [4.69, 9.17) is 23.2 Å². The fourth-order valence-corrected chi connectivity index (χ4v) is 4.43. The lowest BCUT2D eigenvalue weighted by Gasteiger charge is -2.15. The Morgan fingerprint density at radius 3 is 2.58 bits per heavy atom. The first-order valence-electron chi connectivity index (χ1n) is 5.41. The summed E-state index contributed by atoms with van der Waals surface area (Å²) in [6.07, 6.45) is 0. The highest BCUT2D eigenvalue weighted by Crippen LogP contribution is 2.27. The van der Waals surface area contributed by atoms with Crippen molar-refractivity contribution in [3.05, 3.63) is 51.3 Å². The van der Waals surface area contributed by atoms with Crippen molar-refractivity contribution in [2.75, 3.05) is 0 Å². The summed E-state index contributed by atoms with van der Waals surface area (Å²) >= 11 is 13.0. The average molecular weight is 336 g/mol. The quantitative estimate of drug-likeness (QED) is 0.914. The highest BCUT2D eigenvalue weighted by molar-refractivity contribution is 7.91. The predicted molar refractivity (Wildman–Crippen MR) is 79.5 cm³/mol. The van der Waals surface area contributed by atoms with Gasteiger partial charge in [-0.2, -0.15) is 0 Å². The summed E-state index contributed by atoms with van der Waals surface area (Å²) in [4.78, 5) is 0. The van der Waals surface area contributed by atoms with Gasteiger partial charge in [0.15, 0.2) is 0 Å². The first-order valence-corrected chi connectivity index (χ1v) is 8.53. The van der Waals surface area contributed by atoms with Gasteiger partial charge in [0.2, 0.25) is 0 Å². The second-order valence-electron chi connectivity index (χ2n) is 3.94. The summed E-state index contributed by atoms with van der Waals surface area (Å²) in [6, 6.07) is 7.80. The van der Waals surface area contributed by atoms with E-state index in [1.807, 2.05) is 0 Å². The van der Waals surface area contributed by atoms with Gasteiger partial charge in [-0.25, -0.2) is 13.1 Å². The molecule has 0 aliphatic rings. The normalized spacial score (nSPS) is 13.4. The monoisotopic (exact) mass is 335 g/mol. The molecule has 19 heavy (non-hydrogen) atoms. The van der Waals surface area contributed by atoms with Gasteiger partial charge in [-0.15, -0.1) is 11.3 Å². The summed E-state index contributed by atoms with van der Waals surface area (Å²) in [5.41, 5.74) is 0.686. The Hall–Kier alpha value is -0.590. The summed E-state index contributed by atoms with van der Waals surface area (Å²) in [7, 11) is -3.51. The fourth-order valence-electron chi connectivity index (χ4n) is 1.62. The minimum Gasteiger partial charge on any atom is -0.206 e. The molecule has 0 fully saturated rings. The Balaban J connectivity index is 2.24. The summed E-state index contributed by atoms with van der Waals surface area (Å²) in [6.45, 7) is 1.74. The number of hydrogen-bond donors (Lipinski definition) is 1. The predicted octanol–water partition coefficient (Wildman–Crippen LogP) is 4.09. The van der Waals surface area contributed by atoms with Gasteiger partial charge >= 0.3 is 0 Å². The second-order valence-corrected chi connectivity index (χ2v) is 7.67. The van der Waals surface area contributed by atoms with Gasteiger partial charge in [-0.05, 0) is 36.1 Å². The minimum absolute atomic E-state index is 0.282. The molecule has 0 aliphatic heterocycles. The molecule has 1 aromatic heterocycles. The Morgan fingerprint density at radius 2 is 2.00 bits per heavy atom. The van der Waals surface area contributed by atoms with Gasteiger partial charge < -0.3 is 0 Å². The molecule has 1 N–H and O–H groups in total. The Bertz CT molecular complexity index is 669. The highest BCUT2D eigenvalue weighted by atomic mass is 35.5. The van der Waals surface area contributed by atoms with Crippen molar-refractivity contribution in [3.63, 3.8) is 0 Å². The molecule has 1 atom stereocenters. The van der Waals surface area contributed by atoms with E-state index < -0.39 is 16.1 Å². The van der Waals surface area contributed by atoms with Crippen molar-refractivity contribution in [2.24, 2.45) is 0 Å². The van der Waals surface area contributed by atoms with E-state index in [-0.39, 0.29) is 4.21 Å². The molecule has 0 unspecified atom stereocenters. The zero-order valence-corrected chi connectivity index (χ0v) is 13.1. The van der Waals surface area contributed by atoms with E-state index in [2.05, 4.69) is 4.72 Å². The molecule has 1 heterocycles. The van der Waals surface area contributed by atoms with Crippen LogP contribution in [-0.2, 0) is 10.0 Å². The van der Waals surface area contributed by atoms with Gasteiger partial charge in [-0.3, -0.25) is 0 Å². The fraction of sp³-hybridized carbons (Fsp3) is 0.167. The van der Waals surface area contributed by atoms with Crippen molar-refractivity contribution in [2.45, 2.75) is 17.2 Å². The molecule has 2 aromatic rings. The van der Waals surface area contributed by atoms with Crippen molar-refractivity contribution in [1.29, 1.82) is 0 Å². The molecule has 2 rings (SSSR count). The molecule has 0 saturated carbocycles. The average Bonchev–Trinajstić information content (AvgIpc) is 2.81. The Morgan fingerprint density at radius 1 is 1.26 bits per heavy atom. The molecule has 0 amide bonds. The molecule has 1 aromatic carbocycles. The van der Waals surface area contributed by atoms with E-state index in [1.54, 1.807) is 42.6 Å². The number of hydrogen-bond acceptors (Lipinski definition) is 3. The van der Waals surface area contributed by atoms with Gasteiger partial charge in [0, 0.05) is 16.1 Å². The molecular weight excluding hydrogens is 325 g/mol. The molecule has 0 saturated heterocycles.